The van der Waals surface area contributed by atoms with Gasteiger partial charge >= 0.3 is 0 Å². The quantitative estimate of drug-likeness (QED) is 0.603. The van der Waals surface area contributed by atoms with E-state index in [1.54, 1.807) is 12.1 Å². The van der Waals surface area contributed by atoms with Gasteiger partial charge in [-0.1, -0.05) is 13.0 Å². The molecule has 1 atom stereocenters. The molecule has 0 amide bonds. The van der Waals surface area contributed by atoms with Gasteiger partial charge in [-0.3, -0.25) is 10.1 Å². The van der Waals surface area contributed by atoms with Crippen molar-refractivity contribution in [2.24, 2.45) is 0 Å². The van der Waals surface area contributed by atoms with Crippen LogP contribution in [0.1, 0.15) is 32.3 Å². The van der Waals surface area contributed by atoms with Crippen molar-refractivity contribution in [3.63, 3.8) is 0 Å². The van der Waals surface area contributed by atoms with Crippen LogP contribution >= 0.6 is 0 Å². The second kappa shape index (κ2) is 5.82. The lowest BCUT2D eigenvalue weighted by Gasteiger charge is -2.30. The van der Waals surface area contributed by atoms with E-state index < -0.39 is 4.92 Å². The first-order valence-electron chi connectivity index (χ1n) is 6.06. The average Bonchev–Trinajstić information content (AvgIpc) is 2.29. The number of nitrogens with one attached hydrogen (secondary N) is 1. The minimum atomic E-state index is -0.392. The molecular formula is C13H20N2O3. The Hall–Kier alpha value is -1.62. The molecule has 2 N–H and O–H groups in total. The molecule has 0 aliphatic carbocycles. The Labute approximate surface area is 107 Å². The molecule has 0 aliphatic rings. The van der Waals surface area contributed by atoms with Crippen LogP contribution in [0.15, 0.2) is 18.2 Å². The van der Waals surface area contributed by atoms with Gasteiger partial charge in [0.2, 0.25) is 0 Å². The van der Waals surface area contributed by atoms with E-state index in [9.17, 15) is 10.1 Å². The van der Waals surface area contributed by atoms with Crippen molar-refractivity contribution >= 4 is 11.4 Å². The van der Waals surface area contributed by atoms with Gasteiger partial charge in [0.1, 0.15) is 5.69 Å². The van der Waals surface area contributed by atoms with E-state index in [1.165, 1.54) is 6.07 Å². The van der Waals surface area contributed by atoms with E-state index >= 15 is 0 Å². The summed E-state index contributed by atoms with van der Waals surface area (Å²) in [7, 11) is 0. The summed E-state index contributed by atoms with van der Waals surface area (Å²) < 4.78 is 0. The molecule has 0 aromatic heterocycles. The molecule has 0 saturated heterocycles. The Kier molecular flexibility index (Phi) is 4.67. The van der Waals surface area contributed by atoms with E-state index in [4.69, 9.17) is 5.11 Å². The molecule has 0 radical (unpaired) electrons. The number of nitrogens with zero attached hydrogens (tertiary/aromatic N) is 1. The fraction of sp³-hybridized carbons (Fsp3) is 0.538. The predicted molar refractivity (Wildman–Crippen MR) is 71.9 cm³/mol. The SMILES string of the molecule is CCC(C)(CCO)Nc1cc(C)ccc1[N+](=O)[O-]. The Balaban J connectivity index is 3.08. The van der Waals surface area contributed by atoms with Gasteiger partial charge in [0.15, 0.2) is 0 Å². The molecule has 18 heavy (non-hydrogen) atoms. The minimum Gasteiger partial charge on any atom is -0.396 e. The maximum Gasteiger partial charge on any atom is 0.292 e. The van der Waals surface area contributed by atoms with Crippen LogP contribution in [-0.2, 0) is 0 Å². The van der Waals surface area contributed by atoms with Crippen LogP contribution in [0.3, 0.4) is 0 Å². The molecule has 1 rings (SSSR count). The third-order valence-corrected chi connectivity index (χ3v) is 3.23. The zero-order valence-corrected chi connectivity index (χ0v) is 11.1. The average molecular weight is 252 g/mol. The van der Waals surface area contributed by atoms with Crippen molar-refractivity contribution in [2.75, 3.05) is 11.9 Å². The van der Waals surface area contributed by atoms with Gasteiger partial charge in [0, 0.05) is 18.2 Å². The highest BCUT2D eigenvalue weighted by Crippen LogP contribution is 2.30. The molecule has 5 nitrogen and oxygen atoms in total. The van der Waals surface area contributed by atoms with Gasteiger partial charge in [0.25, 0.3) is 5.69 Å². The fourth-order valence-corrected chi connectivity index (χ4v) is 1.81. The van der Waals surface area contributed by atoms with Gasteiger partial charge in [-0.05, 0) is 38.3 Å². The number of rotatable bonds is 6. The minimum absolute atomic E-state index is 0.0525. The highest BCUT2D eigenvalue weighted by molar-refractivity contribution is 5.63. The van der Waals surface area contributed by atoms with Crippen LogP contribution in [0, 0.1) is 17.0 Å². The molecule has 0 spiro atoms. The number of nitro benzene ring substituents is 1. The molecule has 1 aromatic rings. The van der Waals surface area contributed by atoms with Crippen LogP contribution in [0.5, 0.6) is 0 Å². The summed E-state index contributed by atoms with van der Waals surface area (Å²) in [5.74, 6) is 0. The van der Waals surface area contributed by atoms with Gasteiger partial charge < -0.3 is 10.4 Å². The third-order valence-electron chi connectivity index (χ3n) is 3.23. The van der Waals surface area contributed by atoms with Gasteiger partial charge in [-0.25, -0.2) is 0 Å². The monoisotopic (exact) mass is 252 g/mol. The molecule has 100 valence electrons. The summed E-state index contributed by atoms with van der Waals surface area (Å²) in [6, 6.07) is 4.99. The van der Waals surface area contributed by atoms with E-state index in [0.29, 0.717) is 12.1 Å². The van der Waals surface area contributed by atoms with Crippen molar-refractivity contribution in [1.29, 1.82) is 0 Å². The number of aliphatic hydroxyl groups is 1. The molecule has 1 unspecified atom stereocenters. The van der Waals surface area contributed by atoms with Crippen molar-refractivity contribution < 1.29 is 10.0 Å². The first kappa shape index (κ1) is 14.4. The van der Waals surface area contributed by atoms with Crippen molar-refractivity contribution in [1.82, 2.24) is 0 Å². The first-order valence-corrected chi connectivity index (χ1v) is 6.06. The highest BCUT2D eigenvalue weighted by atomic mass is 16.6. The predicted octanol–water partition coefficient (Wildman–Crippen LogP) is 2.87. The normalized spacial score (nSPS) is 14.0. The summed E-state index contributed by atoms with van der Waals surface area (Å²) in [5, 5.41) is 23.2. The topological polar surface area (TPSA) is 75.4 Å². The fourth-order valence-electron chi connectivity index (χ4n) is 1.81. The maximum atomic E-state index is 11.0. The Bertz CT molecular complexity index is 434. The van der Waals surface area contributed by atoms with Gasteiger partial charge in [-0.15, -0.1) is 0 Å². The van der Waals surface area contributed by atoms with Crippen LogP contribution in [0.4, 0.5) is 11.4 Å². The number of aryl methyl sites for hydroxylation is 1. The Morgan fingerprint density at radius 2 is 2.17 bits per heavy atom. The van der Waals surface area contributed by atoms with Crippen LogP contribution in [0.2, 0.25) is 0 Å². The van der Waals surface area contributed by atoms with E-state index in [2.05, 4.69) is 5.32 Å². The van der Waals surface area contributed by atoms with E-state index in [1.807, 2.05) is 20.8 Å². The summed E-state index contributed by atoms with van der Waals surface area (Å²) in [4.78, 5) is 10.6. The second-order valence-corrected chi connectivity index (χ2v) is 4.79. The Morgan fingerprint density at radius 3 is 2.67 bits per heavy atom. The van der Waals surface area contributed by atoms with E-state index in [0.717, 1.165) is 12.0 Å². The van der Waals surface area contributed by atoms with Crippen LogP contribution in [0.25, 0.3) is 0 Å². The molecule has 5 heteroatoms. The number of nitro groups is 1. The molecule has 0 saturated carbocycles. The maximum absolute atomic E-state index is 11.0. The number of anilines is 1. The van der Waals surface area contributed by atoms with Crippen molar-refractivity contribution in [3.8, 4) is 0 Å². The number of benzene rings is 1. The molecule has 0 aliphatic heterocycles. The zero-order chi connectivity index (χ0) is 13.8. The summed E-state index contributed by atoms with van der Waals surface area (Å²) >= 11 is 0. The molecule has 0 heterocycles. The lowest BCUT2D eigenvalue weighted by atomic mass is 9.94. The van der Waals surface area contributed by atoms with Gasteiger partial charge in [-0.2, -0.15) is 0 Å². The molecule has 0 fully saturated rings. The largest absolute Gasteiger partial charge is 0.396 e. The molecular weight excluding hydrogens is 232 g/mol. The summed E-state index contributed by atoms with van der Waals surface area (Å²) in [6.45, 7) is 5.89. The first-order chi connectivity index (χ1) is 8.41. The third kappa shape index (κ3) is 3.43. The second-order valence-electron chi connectivity index (χ2n) is 4.79. The smallest absolute Gasteiger partial charge is 0.292 e. The molecule has 1 aromatic carbocycles. The Morgan fingerprint density at radius 1 is 1.50 bits per heavy atom. The lowest BCUT2D eigenvalue weighted by molar-refractivity contribution is -0.384. The van der Waals surface area contributed by atoms with E-state index in [-0.39, 0.29) is 17.8 Å². The zero-order valence-electron chi connectivity index (χ0n) is 11.1. The van der Waals surface area contributed by atoms with Crippen molar-refractivity contribution in [3.05, 3.63) is 33.9 Å². The number of aliphatic hydroxyl groups excluding tert-OH is 1. The lowest BCUT2D eigenvalue weighted by Crippen LogP contribution is -2.35. The number of hydrogen-bond donors (Lipinski definition) is 2. The molecule has 0 bridgehead atoms. The van der Waals surface area contributed by atoms with Crippen LogP contribution < -0.4 is 5.32 Å². The van der Waals surface area contributed by atoms with Crippen molar-refractivity contribution in [2.45, 2.75) is 39.2 Å². The number of hydrogen-bond acceptors (Lipinski definition) is 4. The van der Waals surface area contributed by atoms with Crippen LogP contribution in [-0.4, -0.2) is 22.2 Å². The standard InChI is InChI=1S/C13H20N2O3/c1-4-13(3,7-8-16)14-11-9-10(2)5-6-12(11)15(17)18/h5-6,9,14,16H,4,7-8H2,1-3H3. The highest BCUT2D eigenvalue weighted by Gasteiger charge is 2.24. The van der Waals surface area contributed by atoms with Gasteiger partial charge in [0.05, 0.1) is 4.92 Å². The summed E-state index contributed by atoms with van der Waals surface area (Å²) in [6.07, 6.45) is 1.33. The summed E-state index contributed by atoms with van der Waals surface area (Å²) in [5.41, 5.74) is 1.20.